The number of nitrogens with two attached hydrogens (primary N) is 2. The summed E-state index contributed by atoms with van der Waals surface area (Å²) in [6.07, 6.45) is 0. The molecule has 16 heavy (non-hydrogen) atoms. The Hall–Kier alpha value is -1.38. The zero-order chi connectivity index (χ0) is 12.0. The van der Waals surface area contributed by atoms with E-state index in [0.29, 0.717) is 0 Å². The predicted octanol–water partition coefficient (Wildman–Crippen LogP) is 3.90. The fourth-order valence-electron chi connectivity index (χ4n) is 1.35. The third-order valence-corrected chi connectivity index (χ3v) is 2.15. The molecule has 0 unspecified atom stereocenters. The molecule has 2 rings (SSSR count). The van der Waals surface area contributed by atoms with Gasteiger partial charge in [-0.2, -0.15) is 0 Å². The Kier molecular flexibility index (Phi) is 4.96. The van der Waals surface area contributed by atoms with Crippen LogP contribution in [0, 0.1) is 0 Å². The third-order valence-electron chi connectivity index (χ3n) is 2.15. The van der Waals surface area contributed by atoms with Gasteiger partial charge in [0.1, 0.15) is 0 Å². The molecule has 0 heterocycles. The molecule has 4 heteroatoms. The van der Waals surface area contributed by atoms with Crippen LogP contribution in [0.2, 0.25) is 0 Å². The molecule has 0 aliphatic carbocycles. The van der Waals surface area contributed by atoms with Gasteiger partial charge in [-0.05, 0) is 35.4 Å². The van der Waals surface area contributed by atoms with Gasteiger partial charge < -0.3 is 11.5 Å². The Morgan fingerprint density at radius 3 is 1.06 bits per heavy atom. The molecule has 0 aromatic heterocycles. The largest absolute Gasteiger partial charge is 0.399 e. The highest BCUT2D eigenvalue weighted by atomic mass is 36.5. The van der Waals surface area contributed by atoms with E-state index in [4.69, 9.17) is 11.5 Å². The Morgan fingerprint density at radius 1 is 0.562 bits per heavy atom. The summed E-state index contributed by atoms with van der Waals surface area (Å²) in [4.78, 5) is 0. The molecular weight excluding hydrogens is 243 g/mol. The minimum absolute atomic E-state index is 0.782. The van der Waals surface area contributed by atoms with Gasteiger partial charge in [0.25, 0.3) is 0 Å². The second-order valence-electron chi connectivity index (χ2n) is 3.24. The summed E-state index contributed by atoms with van der Waals surface area (Å²) in [6.45, 7) is 0. The lowest BCUT2D eigenvalue weighted by Gasteiger charge is -2.02. The summed E-state index contributed by atoms with van der Waals surface area (Å²) < 4.78 is 0. The van der Waals surface area contributed by atoms with E-state index in [1.807, 2.05) is 48.5 Å². The molecule has 0 amide bonds. The zero-order valence-electron chi connectivity index (χ0n) is 8.53. The maximum Gasteiger partial charge on any atom is 0.0314 e. The van der Waals surface area contributed by atoms with Crippen molar-refractivity contribution in [1.82, 2.24) is 0 Å². The van der Waals surface area contributed by atoms with Crippen LogP contribution in [0.5, 0.6) is 0 Å². The lowest BCUT2D eigenvalue weighted by atomic mass is 10.1. The van der Waals surface area contributed by atoms with Gasteiger partial charge in [0.05, 0.1) is 0 Å². The molecule has 0 aliphatic rings. The first-order chi connectivity index (χ1) is 7.75. The number of anilines is 2. The summed E-state index contributed by atoms with van der Waals surface area (Å²) in [7, 11) is 8.22. The highest BCUT2D eigenvalue weighted by molar-refractivity contribution is 6.85. The Morgan fingerprint density at radius 2 is 0.812 bits per heavy atom. The summed E-state index contributed by atoms with van der Waals surface area (Å²) in [6, 6.07) is 15.6. The molecule has 2 nitrogen and oxygen atoms in total. The van der Waals surface area contributed by atoms with Gasteiger partial charge in [-0.1, -0.05) is 24.3 Å². The summed E-state index contributed by atoms with van der Waals surface area (Å²) >= 11 is 0. The van der Waals surface area contributed by atoms with E-state index in [0.717, 1.165) is 22.5 Å². The van der Waals surface area contributed by atoms with Crippen molar-refractivity contribution in [2.24, 2.45) is 0 Å². The highest BCUT2D eigenvalue weighted by Gasteiger charge is 1.95. The van der Waals surface area contributed by atoms with Crippen LogP contribution >= 0.6 is 21.7 Å². The first-order valence-electron chi connectivity index (χ1n) is 4.61. The predicted molar refractivity (Wildman–Crippen MR) is 72.4 cm³/mol. The Bertz CT molecular complexity index is 380. The smallest absolute Gasteiger partial charge is 0.0314 e. The van der Waals surface area contributed by atoms with Crippen molar-refractivity contribution < 1.29 is 0 Å². The quantitative estimate of drug-likeness (QED) is 0.759. The molecule has 84 valence electrons. The molecule has 2 aromatic carbocycles. The average molecular weight is 255 g/mol. The van der Waals surface area contributed by atoms with Gasteiger partial charge in [0.15, 0.2) is 0 Å². The van der Waals surface area contributed by atoms with Gasteiger partial charge >= 0.3 is 0 Å². The first-order valence-corrected chi connectivity index (χ1v) is 5.76. The van der Waals surface area contributed by atoms with Gasteiger partial charge in [0, 0.05) is 33.1 Å². The van der Waals surface area contributed by atoms with Crippen LogP contribution in [0.1, 0.15) is 0 Å². The van der Waals surface area contributed by atoms with Crippen LogP contribution in [0.25, 0.3) is 11.1 Å². The van der Waals surface area contributed by atoms with E-state index in [1.54, 1.807) is 0 Å². The fourth-order valence-corrected chi connectivity index (χ4v) is 1.35. The maximum absolute atomic E-state index is 5.61. The van der Waals surface area contributed by atoms with Crippen molar-refractivity contribution in [2.45, 2.75) is 0 Å². The zero-order valence-corrected chi connectivity index (χ0v) is 10.0. The van der Waals surface area contributed by atoms with Crippen LogP contribution < -0.4 is 11.5 Å². The molecule has 0 saturated carbocycles. The number of rotatable bonds is 1. The average Bonchev–Trinajstić information content (AvgIpc) is 2.34. The topological polar surface area (TPSA) is 52.0 Å². The first kappa shape index (κ1) is 12.7. The third kappa shape index (κ3) is 3.33. The monoisotopic (exact) mass is 254 g/mol. The van der Waals surface area contributed by atoms with Gasteiger partial charge in [-0.25, -0.2) is 0 Å². The lowest BCUT2D eigenvalue weighted by Crippen LogP contribution is -1.85. The summed E-state index contributed by atoms with van der Waals surface area (Å²) in [5, 5.41) is 0. The molecular formula is C12H12Cl2N2. The van der Waals surface area contributed by atoms with Crippen LogP contribution in [0.4, 0.5) is 11.4 Å². The SMILES string of the molecule is ClCl.Nc1ccc(-c2ccc(N)cc2)cc1. The van der Waals surface area contributed by atoms with Crippen LogP contribution in [0.15, 0.2) is 48.5 Å². The van der Waals surface area contributed by atoms with Crippen molar-refractivity contribution in [3.63, 3.8) is 0 Å². The van der Waals surface area contributed by atoms with Crippen LogP contribution in [-0.2, 0) is 0 Å². The second-order valence-corrected chi connectivity index (χ2v) is 3.24. The number of hydrogen-bond acceptors (Lipinski definition) is 2. The van der Waals surface area contributed by atoms with Crippen molar-refractivity contribution in [3.8, 4) is 11.1 Å². The van der Waals surface area contributed by atoms with E-state index >= 15 is 0 Å². The summed E-state index contributed by atoms with van der Waals surface area (Å²) in [5.74, 6) is 0. The van der Waals surface area contributed by atoms with Crippen molar-refractivity contribution in [3.05, 3.63) is 48.5 Å². The van der Waals surface area contributed by atoms with Gasteiger partial charge in [-0.15, -0.1) is 0 Å². The van der Waals surface area contributed by atoms with E-state index in [1.165, 1.54) is 0 Å². The lowest BCUT2D eigenvalue weighted by molar-refractivity contribution is 1.61. The normalized spacial score (nSPS) is 9.12. The van der Waals surface area contributed by atoms with Crippen LogP contribution in [0.3, 0.4) is 0 Å². The standard InChI is InChI=1S/C12H12N2.Cl2/c13-11-5-1-9(2-6-11)10-3-7-12(14)8-4-10;1-2/h1-8H,13-14H2;. The van der Waals surface area contributed by atoms with Crippen LogP contribution in [-0.4, -0.2) is 0 Å². The molecule has 0 spiro atoms. The molecule has 4 N–H and O–H groups in total. The molecule has 0 radical (unpaired) electrons. The number of hydrogen-bond donors (Lipinski definition) is 2. The van der Waals surface area contributed by atoms with Crippen molar-refractivity contribution in [1.29, 1.82) is 0 Å². The second kappa shape index (κ2) is 6.26. The number of halogens is 2. The van der Waals surface area contributed by atoms with Crippen molar-refractivity contribution >= 4 is 33.1 Å². The van der Waals surface area contributed by atoms with E-state index in [9.17, 15) is 0 Å². The molecule has 0 atom stereocenters. The van der Waals surface area contributed by atoms with Gasteiger partial charge in [-0.3, -0.25) is 0 Å². The summed E-state index contributed by atoms with van der Waals surface area (Å²) in [5.41, 5.74) is 15.1. The minimum Gasteiger partial charge on any atom is -0.399 e. The Labute approximate surface area is 104 Å². The maximum atomic E-state index is 5.61. The van der Waals surface area contributed by atoms with E-state index in [-0.39, 0.29) is 0 Å². The fraction of sp³-hybridized carbons (Fsp3) is 0. The molecule has 0 aliphatic heterocycles. The van der Waals surface area contributed by atoms with E-state index in [2.05, 4.69) is 21.7 Å². The molecule has 0 fully saturated rings. The highest BCUT2D eigenvalue weighted by Crippen LogP contribution is 2.21. The minimum atomic E-state index is 0.782. The Balaban J connectivity index is 0.000000606. The molecule has 0 saturated heterocycles. The number of benzene rings is 2. The number of nitrogen functional groups attached to an aromatic ring is 2. The molecule has 0 bridgehead atoms. The van der Waals surface area contributed by atoms with E-state index < -0.39 is 0 Å². The van der Waals surface area contributed by atoms with Crippen molar-refractivity contribution in [2.75, 3.05) is 11.5 Å². The van der Waals surface area contributed by atoms with Gasteiger partial charge in [0.2, 0.25) is 0 Å². The molecule has 2 aromatic rings.